The standard InChI is InChI=1S/C24H36O7Si/c1-7-8-9-21(23(26)28-14-15-32(4,5)6)16-19-10-12-20(13-11-19)22(25)29-17-30-24(27)31-18(2)3/h7,10-13,18,21H,1,8-9,14-17H2,2-6H3. The van der Waals surface area contributed by atoms with Crippen LogP contribution in [0, 0.1) is 5.92 Å². The molecule has 0 aliphatic carbocycles. The monoisotopic (exact) mass is 464 g/mol. The van der Waals surface area contributed by atoms with E-state index >= 15 is 0 Å². The van der Waals surface area contributed by atoms with Crippen LogP contribution in [0.15, 0.2) is 36.9 Å². The molecule has 8 heteroatoms. The summed E-state index contributed by atoms with van der Waals surface area (Å²) in [6.45, 7) is 13.8. The summed E-state index contributed by atoms with van der Waals surface area (Å²) in [7, 11) is -1.27. The fourth-order valence-corrected chi connectivity index (χ4v) is 3.41. The predicted octanol–water partition coefficient (Wildman–Crippen LogP) is 5.37. The molecule has 1 rings (SSSR count). The molecule has 0 bridgehead atoms. The lowest BCUT2D eigenvalue weighted by Gasteiger charge is -2.19. The molecule has 32 heavy (non-hydrogen) atoms. The zero-order chi connectivity index (χ0) is 24.1. The summed E-state index contributed by atoms with van der Waals surface area (Å²) in [5, 5.41) is 0. The molecule has 0 N–H and O–H groups in total. The van der Waals surface area contributed by atoms with Crippen molar-refractivity contribution in [3.8, 4) is 0 Å². The lowest BCUT2D eigenvalue weighted by Crippen LogP contribution is -2.25. The average Bonchev–Trinajstić information content (AvgIpc) is 2.69. The third-order valence-electron chi connectivity index (χ3n) is 4.52. The fraction of sp³-hybridized carbons (Fsp3) is 0.542. The number of rotatable bonds is 13. The molecule has 0 spiro atoms. The van der Waals surface area contributed by atoms with Crippen molar-refractivity contribution >= 4 is 26.2 Å². The summed E-state index contributed by atoms with van der Waals surface area (Å²) in [5.74, 6) is -1.09. The van der Waals surface area contributed by atoms with Crippen LogP contribution in [-0.4, -0.2) is 45.7 Å². The number of carbonyl (C=O) groups is 3. The smallest absolute Gasteiger partial charge is 0.466 e. The van der Waals surface area contributed by atoms with Crippen molar-refractivity contribution in [1.29, 1.82) is 0 Å². The normalized spacial score (nSPS) is 12.1. The van der Waals surface area contributed by atoms with E-state index in [1.807, 2.05) is 0 Å². The van der Waals surface area contributed by atoms with E-state index < -0.39 is 27.0 Å². The molecule has 1 unspecified atom stereocenters. The first kappa shape index (κ1) is 27.4. The number of hydrogen-bond acceptors (Lipinski definition) is 7. The highest BCUT2D eigenvalue weighted by Gasteiger charge is 2.22. The van der Waals surface area contributed by atoms with Gasteiger partial charge in [-0.15, -0.1) is 6.58 Å². The first-order chi connectivity index (χ1) is 15.0. The molecule has 0 heterocycles. The van der Waals surface area contributed by atoms with Crippen molar-refractivity contribution in [2.24, 2.45) is 5.92 Å². The van der Waals surface area contributed by atoms with Gasteiger partial charge in [0.2, 0.25) is 6.79 Å². The Hall–Kier alpha value is -2.61. The van der Waals surface area contributed by atoms with E-state index in [1.165, 1.54) is 0 Å². The lowest BCUT2D eigenvalue weighted by atomic mass is 9.94. The molecule has 0 saturated carbocycles. The van der Waals surface area contributed by atoms with Gasteiger partial charge in [-0.25, -0.2) is 9.59 Å². The second kappa shape index (κ2) is 13.7. The van der Waals surface area contributed by atoms with E-state index in [2.05, 4.69) is 31.0 Å². The van der Waals surface area contributed by atoms with Crippen LogP contribution in [0.4, 0.5) is 4.79 Å². The van der Waals surface area contributed by atoms with Crippen LogP contribution >= 0.6 is 0 Å². The molecule has 7 nitrogen and oxygen atoms in total. The molecule has 0 aliphatic rings. The summed E-state index contributed by atoms with van der Waals surface area (Å²) in [5.41, 5.74) is 1.23. The zero-order valence-electron chi connectivity index (χ0n) is 19.8. The van der Waals surface area contributed by atoms with E-state index in [9.17, 15) is 14.4 Å². The molecule has 0 aliphatic heterocycles. The Morgan fingerprint density at radius 1 is 1.03 bits per heavy atom. The SMILES string of the molecule is C=CCCC(Cc1ccc(C(=O)OCOC(=O)OC(C)C)cc1)C(=O)OCC[Si](C)(C)C. The first-order valence-electron chi connectivity index (χ1n) is 10.9. The molecule has 1 aromatic carbocycles. The van der Waals surface area contributed by atoms with Crippen LogP contribution in [0.1, 0.15) is 42.6 Å². The van der Waals surface area contributed by atoms with Gasteiger partial charge in [0.25, 0.3) is 0 Å². The van der Waals surface area contributed by atoms with Gasteiger partial charge in [-0.2, -0.15) is 0 Å². The maximum Gasteiger partial charge on any atom is 0.511 e. The second-order valence-electron chi connectivity index (χ2n) is 9.05. The first-order valence-corrected chi connectivity index (χ1v) is 14.6. The van der Waals surface area contributed by atoms with Crippen LogP contribution < -0.4 is 0 Å². The highest BCUT2D eigenvalue weighted by Crippen LogP contribution is 2.18. The summed E-state index contributed by atoms with van der Waals surface area (Å²) >= 11 is 0. The minimum absolute atomic E-state index is 0.195. The summed E-state index contributed by atoms with van der Waals surface area (Å²) < 4.78 is 19.9. The molecular formula is C24H36O7Si. The Balaban J connectivity index is 2.61. The van der Waals surface area contributed by atoms with Gasteiger partial charge in [0.1, 0.15) is 0 Å². The quantitative estimate of drug-likeness (QED) is 0.127. The Kier molecular flexibility index (Phi) is 11.8. The van der Waals surface area contributed by atoms with Crippen molar-refractivity contribution in [2.45, 2.75) is 64.9 Å². The Bertz CT molecular complexity index is 751. The molecule has 178 valence electrons. The summed E-state index contributed by atoms with van der Waals surface area (Å²) in [4.78, 5) is 36.0. The van der Waals surface area contributed by atoms with Gasteiger partial charge in [0, 0.05) is 8.07 Å². The number of carbonyl (C=O) groups excluding carboxylic acids is 3. The van der Waals surface area contributed by atoms with Crippen molar-refractivity contribution in [2.75, 3.05) is 13.4 Å². The Labute approximate surface area is 192 Å². The lowest BCUT2D eigenvalue weighted by molar-refractivity contribution is -0.148. The van der Waals surface area contributed by atoms with Crippen LogP contribution in [0.3, 0.4) is 0 Å². The van der Waals surface area contributed by atoms with E-state index in [1.54, 1.807) is 44.2 Å². The van der Waals surface area contributed by atoms with E-state index in [0.29, 0.717) is 25.0 Å². The molecule has 1 atom stereocenters. The van der Waals surface area contributed by atoms with Crippen molar-refractivity contribution in [1.82, 2.24) is 0 Å². The van der Waals surface area contributed by atoms with Gasteiger partial charge in [-0.3, -0.25) is 4.79 Å². The number of ether oxygens (including phenoxy) is 4. The Morgan fingerprint density at radius 2 is 1.69 bits per heavy atom. The molecular weight excluding hydrogens is 428 g/mol. The highest BCUT2D eigenvalue weighted by atomic mass is 28.3. The highest BCUT2D eigenvalue weighted by molar-refractivity contribution is 6.76. The maximum atomic E-state index is 12.6. The summed E-state index contributed by atoms with van der Waals surface area (Å²) in [6.07, 6.45) is 2.46. The molecule has 1 aromatic rings. The average molecular weight is 465 g/mol. The maximum absolute atomic E-state index is 12.6. The van der Waals surface area contributed by atoms with Crippen molar-refractivity contribution in [3.63, 3.8) is 0 Å². The molecule has 0 radical (unpaired) electrons. The molecule has 0 aromatic heterocycles. The van der Waals surface area contributed by atoms with Crippen LogP contribution in [0.25, 0.3) is 0 Å². The van der Waals surface area contributed by atoms with Crippen molar-refractivity contribution in [3.05, 3.63) is 48.0 Å². The van der Waals surface area contributed by atoms with Gasteiger partial charge in [0.05, 0.1) is 24.2 Å². The third kappa shape index (κ3) is 11.7. The number of allylic oxidation sites excluding steroid dienone is 1. The third-order valence-corrected chi connectivity index (χ3v) is 6.22. The van der Waals surface area contributed by atoms with Gasteiger partial charge < -0.3 is 18.9 Å². The number of esters is 2. The number of benzene rings is 1. The Morgan fingerprint density at radius 3 is 2.25 bits per heavy atom. The van der Waals surface area contributed by atoms with Crippen LogP contribution in [0.2, 0.25) is 25.7 Å². The molecule has 0 saturated heterocycles. The van der Waals surface area contributed by atoms with Gasteiger partial charge in [-0.05, 0) is 56.9 Å². The number of hydrogen-bond donors (Lipinski definition) is 0. The van der Waals surface area contributed by atoms with Crippen LogP contribution in [0.5, 0.6) is 0 Å². The van der Waals surface area contributed by atoms with Gasteiger partial charge in [0.15, 0.2) is 0 Å². The molecule has 0 amide bonds. The fourth-order valence-electron chi connectivity index (χ4n) is 2.70. The summed E-state index contributed by atoms with van der Waals surface area (Å²) in [6, 6.07) is 7.72. The van der Waals surface area contributed by atoms with E-state index in [0.717, 1.165) is 18.0 Å². The van der Waals surface area contributed by atoms with Gasteiger partial charge in [-0.1, -0.05) is 37.8 Å². The second-order valence-corrected chi connectivity index (χ2v) is 14.7. The van der Waals surface area contributed by atoms with E-state index in [-0.39, 0.29) is 18.0 Å². The minimum Gasteiger partial charge on any atom is -0.466 e. The largest absolute Gasteiger partial charge is 0.511 e. The minimum atomic E-state index is -1.27. The van der Waals surface area contributed by atoms with Gasteiger partial charge >= 0.3 is 18.1 Å². The van der Waals surface area contributed by atoms with Crippen molar-refractivity contribution < 1.29 is 33.3 Å². The zero-order valence-corrected chi connectivity index (χ0v) is 20.8. The molecule has 0 fully saturated rings. The van der Waals surface area contributed by atoms with Crippen LogP contribution in [-0.2, 0) is 30.2 Å². The predicted molar refractivity (Wildman–Crippen MR) is 125 cm³/mol. The topological polar surface area (TPSA) is 88.1 Å². The van der Waals surface area contributed by atoms with E-state index in [4.69, 9.17) is 14.2 Å².